The maximum absolute atomic E-state index is 11.7. The Bertz CT molecular complexity index is 545. The summed E-state index contributed by atoms with van der Waals surface area (Å²) in [6.45, 7) is 4.02. The van der Waals surface area contributed by atoms with Crippen molar-refractivity contribution >= 4 is 32.7 Å². The fourth-order valence-corrected chi connectivity index (χ4v) is 1.84. The Kier molecular flexibility index (Phi) is 3.10. The molecule has 1 aromatic carbocycles. The number of carbonyl (C=O) groups is 1. The number of hydrogen-bond acceptors (Lipinski definition) is 1. The first-order valence-corrected chi connectivity index (χ1v) is 5.67. The van der Waals surface area contributed by atoms with Gasteiger partial charge in [0.25, 0.3) is 5.91 Å². The maximum Gasteiger partial charge on any atom is 0.267 e. The van der Waals surface area contributed by atoms with Gasteiger partial charge in [-0.25, -0.2) is 0 Å². The largest absolute Gasteiger partial charge is 0.350 e. The summed E-state index contributed by atoms with van der Waals surface area (Å²) in [6.07, 6.45) is 1.65. The van der Waals surface area contributed by atoms with Crippen molar-refractivity contribution in [1.29, 1.82) is 0 Å². The first-order chi connectivity index (χ1) is 7.70. The molecule has 16 heavy (non-hydrogen) atoms. The highest BCUT2D eigenvalue weighted by molar-refractivity contribution is 9.10. The minimum absolute atomic E-state index is 0.118. The molecule has 3 nitrogen and oxygen atoms in total. The molecule has 0 spiro atoms. The maximum atomic E-state index is 11.7. The van der Waals surface area contributed by atoms with Crippen molar-refractivity contribution in [1.82, 2.24) is 10.3 Å². The van der Waals surface area contributed by atoms with Crippen molar-refractivity contribution in [2.24, 2.45) is 0 Å². The van der Waals surface area contributed by atoms with E-state index in [0.29, 0.717) is 12.2 Å². The van der Waals surface area contributed by atoms with E-state index in [-0.39, 0.29) is 5.91 Å². The Hall–Kier alpha value is -1.55. The summed E-state index contributed by atoms with van der Waals surface area (Å²) in [4.78, 5) is 14.7. The van der Waals surface area contributed by atoms with E-state index in [1.807, 2.05) is 24.3 Å². The second-order valence-corrected chi connectivity index (χ2v) is 4.33. The van der Waals surface area contributed by atoms with E-state index in [2.05, 4.69) is 32.8 Å². The lowest BCUT2D eigenvalue weighted by molar-refractivity contribution is 0.0954. The Labute approximate surface area is 102 Å². The molecule has 2 rings (SSSR count). The molecule has 0 aliphatic heterocycles. The summed E-state index contributed by atoms with van der Waals surface area (Å²) < 4.78 is 0.986. The quantitative estimate of drug-likeness (QED) is 0.834. The highest BCUT2D eigenvalue weighted by atomic mass is 79.9. The minimum Gasteiger partial charge on any atom is -0.350 e. The Morgan fingerprint density at radius 2 is 2.31 bits per heavy atom. The van der Waals surface area contributed by atoms with Crippen molar-refractivity contribution < 1.29 is 4.79 Å². The molecule has 0 aliphatic carbocycles. The van der Waals surface area contributed by atoms with Crippen LogP contribution in [-0.4, -0.2) is 17.4 Å². The van der Waals surface area contributed by atoms with Crippen molar-refractivity contribution in [2.45, 2.75) is 0 Å². The van der Waals surface area contributed by atoms with Crippen LogP contribution < -0.4 is 5.32 Å². The second-order valence-electron chi connectivity index (χ2n) is 3.41. The van der Waals surface area contributed by atoms with Crippen LogP contribution in [0.1, 0.15) is 10.5 Å². The molecule has 0 saturated heterocycles. The number of nitrogens with one attached hydrogen (secondary N) is 2. The van der Waals surface area contributed by atoms with Gasteiger partial charge in [-0.3, -0.25) is 4.79 Å². The highest BCUT2D eigenvalue weighted by Crippen LogP contribution is 2.20. The van der Waals surface area contributed by atoms with Crippen LogP contribution in [0.15, 0.2) is 41.4 Å². The molecule has 1 aromatic heterocycles. The van der Waals surface area contributed by atoms with Crippen LogP contribution >= 0.6 is 15.9 Å². The molecule has 2 N–H and O–H groups in total. The molecule has 0 atom stereocenters. The van der Waals surface area contributed by atoms with Crippen molar-refractivity contribution in [3.63, 3.8) is 0 Å². The lowest BCUT2D eigenvalue weighted by Crippen LogP contribution is -2.23. The Morgan fingerprint density at radius 1 is 1.50 bits per heavy atom. The van der Waals surface area contributed by atoms with Gasteiger partial charge in [-0.15, -0.1) is 6.58 Å². The van der Waals surface area contributed by atoms with Crippen molar-refractivity contribution in [2.75, 3.05) is 6.54 Å². The summed E-state index contributed by atoms with van der Waals surface area (Å²) in [5.74, 6) is -0.118. The average Bonchev–Trinajstić information content (AvgIpc) is 2.68. The summed E-state index contributed by atoms with van der Waals surface area (Å²) in [5, 5.41) is 3.74. The second kappa shape index (κ2) is 4.53. The van der Waals surface area contributed by atoms with E-state index < -0.39 is 0 Å². The van der Waals surface area contributed by atoms with Crippen LogP contribution in [0.3, 0.4) is 0 Å². The van der Waals surface area contributed by atoms with Crippen molar-refractivity contribution in [3.05, 3.63) is 47.1 Å². The summed E-state index contributed by atoms with van der Waals surface area (Å²) in [7, 11) is 0. The number of halogens is 1. The molecule has 0 fully saturated rings. The summed E-state index contributed by atoms with van der Waals surface area (Å²) in [6, 6.07) is 7.68. The Morgan fingerprint density at radius 3 is 3.06 bits per heavy atom. The van der Waals surface area contributed by atoms with Gasteiger partial charge >= 0.3 is 0 Å². The monoisotopic (exact) mass is 278 g/mol. The van der Waals surface area contributed by atoms with E-state index in [0.717, 1.165) is 15.4 Å². The molecule has 0 bridgehead atoms. The number of amides is 1. The van der Waals surface area contributed by atoms with Gasteiger partial charge in [0.15, 0.2) is 0 Å². The highest BCUT2D eigenvalue weighted by Gasteiger charge is 2.08. The molecule has 0 unspecified atom stereocenters. The van der Waals surface area contributed by atoms with E-state index in [9.17, 15) is 4.79 Å². The van der Waals surface area contributed by atoms with E-state index in [1.165, 1.54) is 0 Å². The lowest BCUT2D eigenvalue weighted by atomic mass is 10.2. The third-order valence-corrected chi connectivity index (χ3v) is 2.73. The molecule has 2 aromatic rings. The van der Waals surface area contributed by atoms with Crippen molar-refractivity contribution in [3.8, 4) is 0 Å². The number of hydrogen-bond donors (Lipinski definition) is 2. The van der Waals surface area contributed by atoms with E-state index in [1.54, 1.807) is 6.08 Å². The number of rotatable bonds is 3. The van der Waals surface area contributed by atoms with Crippen LogP contribution in [0.5, 0.6) is 0 Å². The average molecular weight is 279 g/mol. The van der Waals surface area contributed by atoms with E-state index >= 15 is 0 Å². The van der Waals surface area contributed by atoms with Gasteiger partial charge in [-0.05, 0) is 18.2 Å². The summed E-state index contributed by atoms with van der Waals surface area (Å²) >= 11 is 3.39. The van der Waals surface area contributed by atoms with Gasteiger partial charge in [-0.1, -0.05) is 28.1 Å². The normalized spacial score (nSPS) is 10.3. The van der Waals surface area contributed by atoms with Crippen LogP contribution in [0.25, 0.3) is 10.9 Å². The SMILES string of the molecule is C=CCNC(=O)c1cc2ccc(Br)cc2[nH]1. The molecular weight excluding hydrogens is 268 g/mol. The molecule has 82 valence electrons. The number of H-pyrrole nitrogens is 1. The molecule has 1 heterocycles. The van der Waals surface area contributed by atoms with Gasteiger partial charge in [-0.2, -0.15) is 0 Å². The third-order valence-electron chi connectivity index (χ3n) is 2.24. The fourth-order valence-electron chi connectivity index (χ4n) is 1.48. The number of aromatic amines is 1. The topological polar surface area (TPSA) is 44.9 Å². The molecule has 0 radical (unpaired) electrons. The third kappa shape index (κ3) is 2.17. The number of fused-ring (bicyclic) bond motifs is 1. The zero-order chi connectivity index (χ0) is 11.5. The lowest BCUT2D eigenvalue weighted by Gasteiger charge is -1.97. The van der Waals surface area contributed by atoms with Gasteiger partial charge in [0, 0.05) is 21.9 Å². The minimum atomic E-state index is -0.118. The zero-order valence-electron chi connectivity index (χ0n) is 8.59. The van der Waals surface area contributed by atoms with Gasteiger partial charge < -0.3 is 10.3 Å². The zero-order valence-corrected chi connectivity index (χ0v) is 10.2. The van der Waals surface area contributed by atoms with Gasteiger partial charge in [0.2, 0.25) is 0 Å². The standard InChI is InChI=1S/C12H11BrN2O/c1-2-5-14-12(16)11-6-8-3-4-9(13)7-10(8)15-11/h2-4,6-7,15H,1,5H2,(H,14,16). The first-order valence-electron chi connectivity index (χ1n) is 4.88. The molecular formula is C12H11BrN2O. The molecule has 4 heteroatoms. The van der Waals surface area contributed by atoms with E-state index in [4.69, 9.17) is 0 Å². The molecule has 1 amide bonds. The predicted molar refractivity (Wildman–Crippen MR) is 68.5 cm³/mol. The predicted octanol–water partition coefficient (Wildman–Crippen LogP) is 2.85. The van der Waals surface area contributed by atoms with Crippen LogP contribution in [0.4, 0.5) is 0 Å². The van der Waals surface area contributed by atoms with Crippen LogP contribution in [0, 0.1) is 0 Å². The number of aromatic nitrogens is 1. The number of carbonyl (C=O) groups excluding carboxylic acids is 1. The first kappa shape index (κ1) is 11.0. The summed E-state index contributed by atoms with van der Waals surface area (Å²) in [5.41, 5.74) is 1.51. The fraction of sp³-hybridized carbons (Fsp3) is 0.0833. The molecule has 0 saturated carbocycles. The molecule has 0 aliphatic rings. The smallest absolute Gasteiger partial charge is 0.267 e. The Balaban J connectivity index is 2.32. The van der Waals surface area contributed by atoms with Crippen LogP contribution in [-0.2, 0) is 0 Å². The van der Waals surface area contributed by atoms with Crippen LogP contribution in [0.2, 0.25) is 0 Å². The van der Waals surface area contributed by atoms with Gasteiger partial charge in [0.1, 0.15) is 5.69 Å². The van der Waals surface area contributed by atoms with Gasteiger partial charge in [0.05, 0.1) is 0 Å². The number of benzene rings is 1.